The van der Waals surface area contributed by atoms with Gasteiger partial charge in [0.25, 0.3) is 0 Å². The molecule has 0 bridgehead atoms. The summed E-state index contributed by atoms with van der Waals surface area (Å²) in [5.74, 6) is 0. The van der Waals surface area contributed by atoms with E-state index in [1.54, 1.807) is 0 Å². The maximum atomic E-state index is 11.9. The Bertz CT molecular complexity index is 390. The molecule has 2 nitrogen and oxygen atoms in total. The van der Waals surface area contributed by atoms with Crippen LogP contribution in [-0.2, 0) is 9.22 Å². The first kappa shape index (κ1) is 17.4. The second kappa shape index (κ2) is 6.40. The highest BCUT2D eigenvalue weighted by Crippen LogP contribution is 2.42. The van der Waals surface area contributed by atoms with Crippen molar-refractivity contribution in [1.82, 2.24) is 0 Å². The molecule has 1 rings (SSSR count). The van der Waals surface area contributed by atoms with Crippen molar-refractivity contribution in [1.29, 1.82) is 0 Å². The highest BCUT2D eigenvalue weighted by atomic mass is 28.4. The van der Waals surface area contributed by atoms with Gasteiger partial charge in [-0.25, -0.2) is 0 Å². The maximum Gasteiger partial charge on any atom is 0.193 e. The molecule has 0 unspecified atom stereocenters. The van der Waals surface area contributed by atoms with Crippen molar-refractivity contribution in [2.75, 3.05) is 0 Å². The summed E-state index contributed by atoms with van der Waals surface area (Å²) < 4.78 is 6.55. The van der Waals surface area contributed by atoms with Gasteiger partial charge in [-0.15, -0.1) is 6.58 Å². The topological polar surface area (TPSA) is 26.3 Å². The molecule has 0 aliphatic heterocycles. The van der Waals surface area contributed by atoms with Gasteiger partial charge < -0.3 is 4.43 Å². The molecule has 0 saturated carbocycles. The molecule has 0 aromatic rings. The maximum absolute atomic E-state index is 11.9. The SMILES string of the molecule is C=CC[C@](C=O)(O[Si](C)(C)C(C)(C)C)C1=CCCCC1. The molecule has 0 fully saturated rings. The van der Waals surface area contributed by atoms with Crippen molar-refractivity contribution >= 4 is 14.6 Å². The Balaban J connectivity index is 3.15. The second-order valence-electron chi connectivity index (χ2n) is 7.34. The number of carbonyl (C=O) groups is 1. The van der Waals surface area contributed by atoms with Crippen LogP contribution in [0, 0.1) is 0 Å². The Morgan fingerprint density at radius 2 is 2.00 bits per heavy atom. The van der Waals surface area contributed by atoms with Crippen LogP contribution in [0.4, 0.5) is 0 Å². The molecule has 0 radical (unpaired) electrons. The number of hydrogen-bond donors (Lipinski definition) is 0. The van der Waals surface area contributed by atoms with Crippen LogP contribution in [0.5, 0.6) is 0 Å². The number of hydrogen-bond acceptors (Lipinski definition) is 2. The van der Waals surface area contributed by atoms with E-state index in [2.05, 4.69) is 46.5 Å². The van der Waals surface area contributed by atoms with Crippen LogP contribution in [0.1, 0.15) is 52.9 Å². The summed E-state index contributed by atoms with van der Waals surface area (Å²) in [7, 11) is -2.00. The van der Waals surface area contributed by atoms with Gasteiger partial charge in [0.2, 0.25) is 0 Å². The third kappa shape index (κ3) is 3.70. The van der Waals surface area contributed by atoms with Crippen LogP contribution in [-0.4, -0.2) is 20.2 Å². The molecule has 1 atom stereocenters. The van der Waals surface area contributed by atoms with E-state index < -0.39 is 13.9 Å². The summed E-state index contributed by atoms with van der Waals surface area (Å²) >= 11 is 0. The summed E-state index contributed by atoms with van der Waals surface area (Å²) in [6, 6.07) is 0. The summed E-state index contributed by atoms with van der Waals surface area (Å²) in [4.78, 5) is 11.9. The Hall–Kier alpha value is -0.673. The minimum atomic E-state index is -2.00. The third-order valence-corrected chi connectivity index (χ3v) is 9.20. The van der Waals surface area contributed by atoms with Crippen molar-refractivity contribution in [2.24, 2.45) is 0 Å². The van der Waals surface area contributed by atoms with Crippen LogP contribution in [0.15, 0.2) is 24.3 Å². The average molecular weight is 295 g/mol. The molecular weight excluding hydrogens is 264 g/mol. The van der Waals surface area contributed by atoms with Gasteiger partial charge in [-0.3, -0.25) is 4.79 Å². The predicted octanol–water partition coefficient (Wildman–Crippen LogP) is 5.02. The van der Waals surface area contributed by atoms with Gasteiger partial charge in [0.1, 0.15) is 5.60 Å². The molecule has 3 heteroatoms. The van der Waals surface area contributed by atoms with Gasteiger partial charge in [0.15, 0.2) is 14.6 Å². The zero-order valence-electron chi connectivity index (χ0n) is 13.8. The number of carbonyl (C=O) groups excluding carboxylic acids is 1. The van der Waals surface area contributed by atoms with Gasteiger partial charge in [-0.2, -0.15) is 0 Å². The van der Waals surface area contributed by atoms with Gasteiger partial charge in [0.05, 0.1) is 0 Å². The van der Waals surface area contributed by atoms with Crippen molar-refractivity contribution in [3.8, 4) is 0 Å². The van der Waals surface area contributed by atoms with E-state index in [1.165, 1.54) is 12.0 Å². The monoisotopic (exact) mass is 294 g/mol. The summed E-state index contributed by atoms with van der Waals surface area (Å²) in [5, 5.41) is 0.0949. The summed E-state index contributed by atoms with van der Waals surface area (Å²) in [5.41, 5.74) is 0.397. The first-order valence-electron chi connectivity index (χ1n) is 7.65. The minimum Gasteiger partial charge on any atom is -0.401 e. The van der Waals surface area contributed by atoms with Crippen molar-refractivity contribution in [2.45, 2.75) is 76.6 Å². The average Bonchev–Trinajstić information content (AvgIpc) is 2.37. The molecule has 0 aromatic carbocycles. The first-order chi connectivity index (χ1) is 9.18. The van der Waals surface area contributed by atoms with Gasteiger partial charge in [-0.1, -0.05) is 32.9 Å². The van der Waals surface area contributed by atoms with E-state index in [-0.39, 0.29) is 5.04 Å². The fraction of sp³-hybridized carbons (Fsp3) is 0.706. The molecule has 0 N–H and O–H groups in total. The van der Waals surface area contributed by atoms with Gasteiger partial charge >= 0.3 is 0 Å². The third-order valence-electron chi connectivity index (χ3n) is 4.72. The molecule has 0 saturated heterocycles. The Morgan fingerprint density at radius 3 is 2.40 bits per heavy atom. The van der Waals surface area contributed by atoms with Crippen molar-refractivity contribution in [3.63, 3.8) is 0 Å². The van der Waals surface area contributed by atoms with E-state index in [0.29, 0.717) is 6.42 Å². The van der Waals surface area contributed by atoms with Crippen molar-refractivity contribution < 1.29 is 9.22 Å². The Kier molecular flexibility index (Phi) is 5.56. The zero-order chi connectivity index (χ0) is 15.4. The first-order valence-corrected chi connectivity index (χ1v) is 10.6. The lowest BCUT2D eigenvalue weighted by Crippen LogP contribution is -2.51. The predicted molar refractivity (Wildman–Crippen MR) is 88.4 cm³/mol. The minimum absolute atomic E-state index is 0.0949. The second-order valence-corrected chi connectivity index (χ2v) is 12.1. The fourth-order valence-electron chi connectivity index (χ4n) is 2.43. The molecule has 20 heavy (non-hydrogen) atoms. The molecule has 1 aliphatic rings. The number of aldehydes is 1. The molecule has 0 spiro atoms. The molecule has 1 aliphatic carbocycles. The van der Waals surface area contributed by atoms with Gasteiger partial charge in [0, 0.05) is 6.42 Å². The standard InChI is InChI=1S/C17H30O2Si/c1-7-13-17(14-18,15-11-9-8-10-12-15)19-20(5,6)16(2,3)4/h7,11,14H,1,8-10,12-13H2,2-6H3/t17-/m1/s1. The Labute approximate surface area is 125 Å². The van der Waals surface area contributed by atoms with Crippen LogP contribution in [0.2, 0.25) is 18.1 Å². The molecular formula is C17H30O2Si. The van der Waals surface area contributed by atoms with E-state index >= 15 is 0 Å². The lowest BCUT2D eigenvalue weighted by Gasteiger charge is -2.44. The fourth-order valence-corrected chi connectivity index (χ4v) is 3.91. The number of rotatable bonds is 6. The van der Waals surface area contributed by atoms with Gasteiger partial charge in [-0.05, 0) is 49.4 Å². The summed E-state index contributed by atoms with van der Waals surface area (Å²) in [6.07, 6.45) is 10.0. The van der Waals surface area contributed by atoms with Crippen LogP contribution >= 0.6 is 0 Å². The Morgan fingerprint density at radius 1 is 1.35 bits per heavy atom. The highest BCUT2D eigenvalue weighted by molar-refractivity contribution is 6.74. The lowest BCUT2D eigenvalue weighted by molar-refractivity contribution is -0.119. The van der Waals surface area contributed by atoms with E-state index in [1.807, 2.05) is 6.08 Å². The van der Waals surface area contributed by atoms with Crippen LogP contribution < -0.4 is 0 Å². The molecule has 0 heterocycles. The summed E-state index contributed by atoms with van der Waals surface area (Å²) in [6.45, 7) is 14.9. The van der Waals surface area contributed by atoms with E-state index in [9.17, 15) is 4.79 Å². The van der Waals surface area contributed by atoms with Crippen LogP contribution in [0.25, 0.3) is 0 Å². The smallest absolute Gasteiger partial charge is 0.193 e. The lowest BCUT2D eigenvalue weighted by atomic mass is 9.84. The molecule has 0 aromatic heterocycles. The van der Waals surface area contributed by atoms with E-state index in [0.717, 1.165) is 25.5 Å². The zero-order valence-corrected chi connectivity index (χ0v) is 14.8. The van der Waals surface area contributed by atoms with E-state index in [4.69, 9.17) is 4.43 Å². The number of allylic oxidation sites excluding steroid dienone is 1. The largest absolute Gasteiger partial charge is 0.401 e. The molecule has 0 amide bonds. The van der Waals surface area contributed by atoms with Crippen molar-refractivity contribution in [3.05, 3.63) is 24.3 Å². The molecule has 114 valence electrons. The normalized spacial score (nSPS) is 19.9. The quantitative estimate of drug-likeness (QED) is 0.390. The highest BCUT2D eigenvalue weighted by Gasteiger charge is 2.46. The van der Waals surface area contributed by atoms with Crippen LogP contribution in [0.3, 0.4) is 0 Å².